The summed E-state index contributed by atoms with van der Waals surface area (Å²) in [4.78, 5) is 2.68. The molecule has 1 aliphatic rings. The molecule has 0 aromatic heterocycles. The second kappa shape index (κ2) is 14.5. The Morgan fingerprint density at radius 1 is 0.885 bits per heavy atom. The van der Waals surface area contributed by atoms with E-state index in [1.807, 2.05) is 0 Å². The molecule has 2 nitrogen and oxygen atoms in total. The van der Waals surface area contributed by atoms with Gasteiger partial charge in [-0.1, -0.05) is 71.6 Å². The lowest BCUT2D eigenvalue weighted by atomic mass is 9.95. The zero-order chi connectivity index (χ0) is 19.2. The van der Waals surface area contributed by atoms with E-state index in [2.05, 4.69) is 51.4 Å². The summed E-state index contributed by atoms with van der Waals surface area (Å²) in [5.41, 5.74) is 0. The van der Waals surface area contributed by atoms with Gasteiger partial charge in [0.1, 0.15) is 6.10 Å². The molecule has 2 heteroatoms. The smallest absolute Gasteiger partial charge is 0.115 e. The van der Waals surface area contributed by atoms with Crippen molar-refractivity contribution < 1.29 is 4.74 Å². The van der Waals surface area contributed by atoms with Crippen LogP contribution in [-0.4, -0.2) is 36.7 Å². The third-order valence-electron chi connectivity index (χ3n) is 5.63. The summed E-state index contributed by atoms with van der Waals surface area (Å²) < 4.78 is 6.21. The molecule has 0 amide bonds. The van der Waals surface area contributed by atoms with Crippen LogP contribution in [0.5, 0.6) is 0 Å². The maximum absolute atomic E-state index is 6.21. The van der Waals surface area contributed by atoms with Crippen LogP contribution in [0.25, 0.3) is 0 Å². The number of likely N-dealkylation sites (tertiary alicyclic amines) is 1. The lowest BCUT2D eigenvalue weighted by molar-refractivity contribution is -0.0146. The van der Waals surface area contributed by atoms with E-state index < -0.39 is 0 Å². The van der Waals surface area contributed by atoms with Gasteiger partial charge in [-0.05, 0) is 44.9 Å². The highest BCUT2D eigenvalue weighted by atomic mass is 16.5. The zero-order valence-corrected chi connectivity index (χ0v) is 18.4. The Balaban J connectivity index is 2.29. The Morgan fingerprint density at radius 3 is 2.15 bits per heavy atom. The van der Waals surface area contributed by atoms with Crippen molar-refractivity contribution in [3.05, 3.63) is 0 Å². The maximum atomic E-state index is 6.21. The molecule has 1 fully saturated rings. The first-order valence-electron chi connectivity index (χ1n) is 11.5. The molecule has 0 bridgehead atoms. The van der Waals surface area contributed by atoms with Crippen molar-refractivity contribution in [3.63, 3.8) is 0 Å². The van der Waals surface area contributed by atoms with Crippen molar-refractivity contribution in [2.45, 2.75) is 111 Å². The van der Waals surface area contributed by atoms with Crippen LogP contribution >= 0.6 is 0 Å². The molecule has 152 valence electrons. The SMILES string of the molecule is CCCCC(C)C#C[C@@H](C)OC1CCN(CC(CCC)CCCC)CC1. The fourth-order valence-electron chi connectivity index (χ4n) is 3.99. The molecule has 3 atom stereocenters. The highest BCUT2D eigenvalue weighted by Gasteiger charge is 2.22. The van der Waals surface area contributed by atoms with Crippen LogP contribution in [0.3, 0.4) is 0 Å². The highest BCUT2D eigenvalue weighted by molar-refractivity contribution is 5.06. The van der Waals surface area contributed by atoms with Gasteiger partial charge in [-0.2, -0.15) is 0 Å². The Morgan fingerprint density at radius 2 is 1.54 bits per heavy atom. The van der Waals surface area contributed by atoms with Gasteiger partial charge in [0.05, 0.1) is 6.10 Å². The summed E-state index contributed by atoms with van der Waals surface area (Å²) in [6.07, 6.45) is 13.4. The predicted molar refractivity (Wildman–Crippen MR) is 114 cm³/mol. The zero-order valence-electron chi connectivity index (χ0n) is 18.4. The van der Waals surface area contributed by atoms with Crippen LogP contribution in [0, 0.1) is 23.7 Å². The summed E-state index contributed by atoms with van der Waals surface area (Å²) in [7, 11) is 0. The number of hydrogen-bond acceptors (Lipinski definition) is 2. The van der Waals surface area contributed by atoms with Crippen LogP contribution in [0.4, 0.5) is 0 Å². The van der Waals surface area contributed by atoms with Crippen LogP contribution in [0.2, 0.25) is 0 Å². The van der Waals surface area contributed by atoms with Gasteiger partial charge >= 0.3 is 0 Å². The molecule has 1 heterocycles. The molecule has 0 radical (unpaired) electrons. The minimum atomic E-state index is 0.0769. The minimum Gasteiger partial charge on any atom is -0.362 e. The van der Waals surface area contributed by atoms with Gasteiger partial charge in [-0.15, -0.1) is 0 Å². The standard InChI is InChI=1S/C24H45NO/c1-6-9-12-21(4)14-15-22(5)26-24-16-18-25(19-17-24)20-23(11-8-3)13-10-7-2/h21-24H,6-13,16-20H2,1-5H3/t21?,22-,23?/m1/s1. The molecule has 0 aromatic carbocycles. The molecule has 1 saturated heterocycles. The van der Waals surface area contributed by atoms with Crippen molar-refractivity contribution in [1.82, 2.24) is 4.90 Å². The fraction of sp³-hybridized carbons (Fsp3) is 0.917. The normalized spacial score (nSPS) is 19.6. The fourth-order valence-corrected chi connectivity index (χ4v) is 3.99. The van der Waals surface area contributed by atoms with Crippen molar-refractivity contribution in [2.75, 3.05) is 19.6 Å². The van der Waals surface area contributed by atoms with Crippen LogP contribution in [-0.2, 0) is 4.74 Å². The second-order valence-electron chi connectivity index (χ2n) is 8.41. The molecule has 0 spiro atoms. The summed E-state index contributed by atoms with van der Waals surface area (Å²) in [5.74, 6) is 8.12. The van der Waals surface area contributed by atoms with Crippen LogP contribution in [0.1, 0.15) is 98.8 Å². The lowest BCUT2D eigenvalue weighted by Gasteiger charge is -2.34. The van der Waals surface area contributed by atoms with E-state index in [1.165, 1.54) is 83.8 Å². The Labute approximate surface area is 164 Å². The number of nitrogens with zero attached hydrogens (tertiary/aromatic N) is 1. The van der Waals surface area contributed by atoms with Crippen molar-refractivity contribution >= 4 is 0 Å². The second-order valence-corrected chi connectivity index (χ2v) is 8.41. The van der Waals surface area contributed by atoms with E-state index in [9.17, 15) is 0 Å². The molecule has 2 unspecified atom stereocenters. The van der Waals surface area contributed by atoms with Gasteiger partial charge in [-0.3, -0.25) is 0 Å². The van der Waals surface area contributed by atoms with Gasteiger partial charge in [0.25, 0.3) is 0 Å². The summed E-state index contributed by atoms with van der Waals surface area (Å²) in [6.45, 7) is 14.9. The molecular formula is C24H45NO. The first-order valence-corrected chi connectivity index (χ1v) is 11.5. The lowest BCUT2D eigenvalue weighted by Crippen LogP contribution is -2.40. The van der Waals surface area contributed by atoms with E-state index in [0.29, 0.717) is 12.0 Å². The number of unbranched alkanes of at least 4 members (excludes halogenated alkanes) is 2. The molecular weight excluding hydrogens is 318 g/mol. The summed E-state index contributed by atoms with van der Waals surface area (Å²) in [5, 5.41) is 0. The van der Waals surface area contributed by atoms with E-state index >= 15 is 0 Å². The summed E-state index contributed by atoms with van der Waals surface area (Å²) in [6, 6.07) is 0. The van der Waals surface area contributed by atoms with Gasteiger partial charge in [-0.25, -0.2) is 0 Å². The van der Waals surface area contributed by atoms with E-state index in [-0.39, 0.29) is 6.10 Å². The topological polar surface area (TPSA) is 12.5 Å². The van der Waals surface area contributed by atoms with Crippen molar-refractivity contribution in [3.8, 4) is 11.8 Å². The van der Waals surface area contributed by atoms with E-state index in [1.54, 1.807) is 0 Å². The third-order valence-corrected chi connectivity index (χ3v) is 5.63. The Kier molecular flexibility index (Phi) is 13.1. The van der Waals surface area contributed by atoms with E-state index in [0.717, 1.165) is 5.92 Å². The molecule has 0 aliphatic carbocycles. The molecule has 1 rings (SSSR count). The maximum Gasteiger partial charge on any atom is 0.115 e. The van der Waals surface area contributed by atoms with Gasteiger partial charge in [0, 0.05) is 25.6 Å². The highest BCUT2D eigenvalue weighted by Crippen LogP contribution is 2.21. The Bertz CT molecular complexity index is 389. The van der Waals surface area contributed by atoms with Gasteiger partial charge in [0.15, 0.2) is 0 Å². The quantitative estimate of drug-likeness (QED) is 0.378. The summed E-state index contributed by atoms with van der Waals surface area (Å²) >= 11 is 0. The number of piperidine rings is 1. The minimum absolute atomic E-state index is 0.0769. The third kappa shape index (κ3) is 10.6. The molecule has 26 heavy (non-hydrogen) atoms. The largest absolute Gasteiger partial charge is 0.362 e. The van der Waals surface area contributed by atoms with Gasteiger partial charge in [0.2, 0.25) is 0 Å². The molecule has 1 aliphatic heterocycles. The van der Waals surface area contributed by atoms with E-state index in [4.69, 9.17) is 4.74 Å². The number of ether oxygens (including phenoxy) is 1. The Hall–Kier alpha value is -0.520. The average molecular weight is 364 g/mol. The van der Waals surface area contributed by atoms with Crippen LogP contribution < -0.4 is 0 Å². The molecule has 0 saturated carbocycles. The average Bonchev–Trinajstić information content (AvgIpc) is 2.64. The molecule has 0 N–H and O–H groups in total. The number of rotatable bonds is 12. The van der Waals surface area contributed by atoms with Crippen molar-refractivity contribution in [2.24, 2.45) is 11.8 Å². The molecule has 0 aromatic rings. The monoisotopic (exact) mass is 363 g/mol. The first kappa shape index (κ1) is 23.5. The predicted octanol–water partition coefficient (Wildman–Crippen LogP) is 6.29. The van der Waals surface area contributed by atoms with Crippen molar-refractivity contribution in [1.29, 1.82) is 0 Å². The van der Waals surface area contributed by atoms with Crippen LogP contribution in [0.15, 0.2) is 0 Å². The first-order chi connectivity index (χ1) is 12.6. The van der Waals surface area contributed by atoms with Gasteiger partial charge < -0.3 is 9.64 Å². The number of hydrogen-bond donors (Lipinski definition) is 0.